The Morgan fingerprint density at radius 1 is 1.07 bits per heavy atom. The molecule has 0 aliphatic rings. The van der Waals surface area contributed by atoms with Crippen LogP contribution >= 0.6 is 0 Å². The van der Waals surface area contributed by atoms with Gasteiger partial charge in [0.1, 0.15) is 11.5 Å². The SMILES string of the molecule is NCc1ccc(Oc2cccnc2)cc1. The molecule has 0 unspecified atom stereocenters. The third kappa shape index (κ3) is 2.54. The monoisotopic (exact) mass is 200 g/mol. The largest absolute Gasteiger partial charge is 0.456 e. The van der Waals surface area contributed by atoms with Crippen molar-refractivity contribution in [1.29, 1.82) is 0 Å². The zero-order valence-electron chi connectivity index (χ0n) is 8.26. The van der Waals surface area contributed by atoms with E-state index in [2.05, 4.69) is 4.98 Å². The lowest BCUT2D eigenvalue weighted by atomic mass is 10.2. The van der Waals surface area contributed by atoms with Crippen molar-refractivity contribution in [3.8, 4) is 11.5 Å². The number of benzene rings is 1. The van der Waals surface area contributed by atoms with Crippen LogP contribution in [0.5, 0.6) is 11.5 Å². The molecule has 0 radical (unpaired) electrons. The Balaban J connectivity index is 2.11. The van der Waals surface area contributed by atoms with Crippen LogP contribution in [0.25, 0.3) is 0 Å². The summed E-state index contributed by atoms with van der Waals surface area (Å²) in [5.41, 5.74) is 6.59. The number of aromatic nitrogens is 1. The number of rotatable bonds is 3. The maximum atomic E-state index is 5.57. The van der Waals surface area contributed by atoms with Crippen LogP contribution in [0.3, 0.4) is 0 Å². The zero-order valence-corrected chi connectivity index (χ0v) is 8.26. The molecule has 0 atom stereocenters. The van der Waals surface area contributed by atoms with Crippen molar-refractivity contribution in [3.05, 3.63) is 54.4 Å². The Labute approximate surface area is 88.5 Å². The standard InChI is InChI=1S/C12H12N2O/c13-8-10-3-5-11(6-4-10)15-12-2-1-7-14-9-12/h1-7,9H,8,13H2. The van der Waals surface area contributed by atoms with Crippen molar-refractivity contribution in [2.24, 2.45) is 5.73 Å². The van der Waals surface area contributed by atoms with Gasteiger partial charge in [0, 0.05) is 12.7 Å². The molecule has 1 heterocycles. The second-order valence-electron chi connectivity index (χ2n) is 3.14. The summed E-state index contributed by atoms with van der Waals surface area (Å²) < 4.78 is 5.57. The van der Waals surface area contributed by atoms with Gasteiger partial charge in [-0.3, -0.25) is 4.98 Å². The molecular formula is C12H12N2O. The quantitative estimate of drug-likeness (QED) is 0.827. The Kier molecular flexibility index (Phi) is 2.95. The average molecular weight is 200 g/mol. The average Bonchev–Trinajstić information content (AvgIpc) is 2.31. The van der Waals surface area contributed by atoms with E-state index in [0.717, 1.165) is 17.1 Å². The third-order valence-electron chi connectivity index (χ3n) is 2.03. The van der Waals surface area contributed by atoms with E-state index in [1.807, 2.05) is 36.4 Å². The maximum Gasteiger partial charge on any atom is 0.145 e. The molecule has 76 valence electrons. The van der Waals surface area contributed by atoms with Gasteiger partial charge in [-0.15, -0.1) is 0 Å². The molecular weight excluding hydrogens is 188 g/mol. The van der Waals surface area contributed by atoms with Crippen molar-refractivity contribution in [2.45, 2.75) is 6.54 Å². The molecule has 0 spiro atoms. The minimum absolute atomic E-state index is 0.549. The second-order valence-corrected chi connectivity index (χ2v) is 3.14. The van der Waals surface area contributed by atoms with Crippen LogP contribution in [-0.4, -0.2) is 4.98 Å². The lowest BCUT2D eigenvalue weighted by molar-refractivity contribution is 0.480. The van der Waals surface area contributed by atoms with Crippen molar-refractivity contribution in [3.63, 3.8) is 0 Å². The van der Waals surface area contributed by atoms with E-state index >= 15 is 0 Å². The molecule has 1 aromatic heterocycles. The van der Waals surface area contributed by atoms with E-state index in [1.165, 1.54) is 0 Å². The highest BCUT2D eigenvalue weighted by molar-refractivity contribution is 5.31. The summed E-state index contributed by atoms with van der Waals surface area (Å²) in [5.74, 6) is 1.53. The van der Waals surface area contributed by atoms with Crippen molar-refractivity contribution >= 4 is 0 Å². The fraction of sp³-hybridized carbons (Fsp3) is 0.0833. The molecule has 0 saturated carbocycles. The highest BCUT2D eigenvalue weighted by atomic mass is 16.5. The Hall–Kier alpha value is -1.87. The zero-order chi connectivity index (χ0) is 10.5. The normalized spacial score (nSPS) is 9.93. The molecule has 0 amide bonds. The molecule has 0 saturated heterocycles. The minimum Gasteiger partial charge on any atom is -0.456 e. The van der Waals surface area contributed by atoms with Gasteiger partial charge in [-0.25, -0.2) is 0 Å². The number of nitrogens with two attached hydrogens (primary N) is 1. The van der Waals surface area contributed by atoms with Crippen LogP contribution in [0.15, 0.2) is 48.8 Å². The van der Waals surface area contributed by atoms with Gasteiger partial charge in [0.05, 0.1) is 6.20 Å². The van der Waals surface area contributed by atoms with Gasteiger partial charge in [-0.05, 0) is 29.8 Å². The fourth-order valence-corrected chi connectivity index (χ4v) is 1.24. The van der Waals surface area contributed by atoms with Crippen LogP contribution in [0.4, 0.5) is 0 Å². The summed E-state index contributed by atoms with van der Waals surface area (Å²) in [6, 6.07) is 11.4. The van der Waals surface area contributed by atoms with Crippen LogP contribution in [0.1, 0.15) is 5.56 Å². The van der Waals surface area contributed by atoms with Crippen molar-refractivity contribution in [2.75, 3.05) is 0 Å². The summed E-state index contributed by atoms with van der Waals surface area (Å²) in [5, 5.41) is 0. The van der Waals surface area contributed by atoms with E-state index in [-0.39, 0.29) is 0 Å². The molecule has 2 rings (SSSR count). The van der Waals surface area contributed by atoms with E-state index in [4.69, 9.17) is 10.5 Å². The first-order chi connectivity index (χ1) is 7.38. The number of nitrogens with zero attached hydrogens (tertiary/aromatic N) is 1. The summed E-state index contributed by atoms with van der Waals surface area (Å²) in [6.07, 6.45) is 3.39. The number of ether oxygens (including phenoxy) is 1. The lowest BCUT2D eigenvalue weighted by Gasteiger charge is -2.05. The predicted octanol–water partition coefficient (Wildman–Crippen LogP) is 2.33. The van der Waals surface area contributed by atoms with Crippen molar-refractivity contribution < 1.29 is 4.74 Å². The molecule has 3 nitrogen and oxygen atoms in total. The van der Waals surface area contributed by atoms with Crippen LogP contribution in [0.2, 0.25) is 0 Å². The van der Waals surface area contributed by atoms with Crippen LogP contribution in [0, 0.1) is 0 Å². The minimum atomic E-state index is 0.549. The lowest BCUT2D eigenvalue weighted by Crippen LogP contribution is -1.95. The second kappa shape index (κ2) is 4.57. The van der Waals surface area contributed by atoms with Gasteiger partial charge in [-0.1, -0.05) is 12.1 Å². The first-order valence-electron chi connectivity index (χ1n) is 4.75. The van der Waals surface area contributed by atoms with E-state index in [0.29, 0.717) is 6.54 Å². The smallest absolute Gasteiger partial charge is 0.145 e. The highest BCUT2D eigenvalue weighted by Gasteiger charge is 1.96. The third-order valence-corrected chi connectivity index (χ3v) is 2.03. The number of pyridine rings is 1. The van der Waals surface area contributed by atoms with Gasteiger partial charge in [0.15, 0.2) is 0 Å². The van der Waals surface area contributed by atoms with Gasteiger partial charge >= 0.3 is 0 Å². The highest BCUT2D eigenvalue weighted by Crippen LogP contribution is 2.20. The molecule has 0 fully saturated rings. The first kappa shape index (κ1) is 9.68. The molecule has 1 aromatic carbocycles. The molecule has 0 aliphatic carbocycles. The van der Waals surface area contributed by atoms with Gasteiger partial charge in [-0.2, -0.15) is 0 Å². The van der Waals surface area contributed by atoms with E-state index in [1.54, 1.807) is 12.4 Å². The fourth-order valence-electron chi connectivity index (χ4n) is 1.24. The molecule has 0 bridgehead atoms. The number of hydrogen-bond acceptors (Lipinski definition) is 3. The molecule has 3 heteroatoms. The van der Waals surface area contributed by atoms with Crippen LogP contribution < -0.4 is 10.5 Å². The number of hydrogen-bond donors (Lipinski definition) is 1. The van der Waals surface area contributed by atoms with Gasteiger partial charge < -0.3 is 10.5 Å². The molecule has 2 N–H and O–H groups in total. The maximum absolute atomic E-state index is 5.57. The van der Waals surface area contributed by atoms with E-state index < -0.39 is 0 Å². The Bertz CT molecular complexity index is 411. The van der Waals surface area contributed by atoms with Crippen LogP contribution in [-0.2, 0) is 6.54 Å². The first-order valence-corrected chi connectivity index (χ1v) is 4.75. The topological polar surface area (TPSA) is 48.1 Å². The van der Waals surface area contributed by atoms with Gasteiger partial charge in [0.25, 0.3) is 0 Å². The molecule has 15 heavy (non-hydrogen) atoms. The summed E-state index contributed by atoms with van der Waals surface area (Å²) in [4.78, 5) is 3.97. The molecule has 0 aliphatic heterocycles. The van der Waals surface area contributed by atoms with Gasteiger partial charge in [0.2, 0.25) is 0 Å². The summed E-state index contributed by atoms with van der Waals surface area (Å²) in [6.45, 7) is 0.549. The Morgan fingerprint density at radius 2 is 1.87 bits per heavy atom. The Morgan fingerprint density at radius 3 is 2.47 bits per heavy atom. The van der Waals surface area contributed by atoms with Crippen molar-refractivity contribution in [1.82, 2.24) is 4.98 Å². The summed E-state index contributed by atoms with van der Waals surface area (Å²) in [7, 11) is 0. The summed E-state index contributed by atoms with van der Waals surface area (Å²) >= 11 is 0. The predicted molar refractivity (Wildman–Crippen MR) is 58.6 cm³/mol. The molecule has 2 aromatic rings. The van der Waals surface area contributed by atoms with E-state index in [9.17, 15) is 0 Å².